The summed E-state index contributed by atoms with van der Waals surface area (Å²) >= 11 is 0. The van der Waals surface area contributed by atoms with Gasteiger partial charge in [0.25, 0.3) is 0 Å². The zero-order valence-corrected chi connectivity index (χ0v) is 23.4. The quantitative estimate of drug-likeness (QED) is 0.225. The van der Waals surface area contributed by atoms with Gasteiger partial charge in [-0.05, 0) is 91.8 Å². The Morgan fingerprint density at radius 1 is 0.564 bits per heavy atom. The van der Waals surface area contributed by atoms with Gasteiger partial charge in [0.05, 0.1) is 6.04 Å². The summed E-state index contributed by atoms with van der Waals surface area (Å²) in [5.74, 6) is 0. The zero-order valence-electron chi connectivity index (χ0n) is 23.4. The molecular weight excluding hydrogens is 470 g/mol. The van der Waals surface area contributed by atoms with Gasteiger partial charge in [0.1, 0.15) is 0 Å². The number of rotatable bonds is 7. The molecule has 0 spiro atoms. The second-order valence-electron chi connectivity index (χ2n) is 10.6. The molecule has 0 saturated carbocycles. The first kappa shape index (κ1) is 26.3. The largest absolute Gasteiger partial charge is 0.334 e. The van der Waals surface area contributed by atoms with E-state index in [-0.39, 0.29) is 6.04 Å². The van der Waals surface area contributed by atoms with Gasteiger partial charge in [-0.3, -0.25) is 0 Å². The summed E-state index contributed by atoms with van der Waals surface area (Å²) in [7, 11) is 0. The van der Waals surface area contributed by atoms with Crippen LogP contribution in [0.3, 0.4) is 0 Å². The molecule has 1 nitrogen and oxygen atoms in total. The summed E-state index contributed by atoms with van der Waals surface area (Å²) in [5, 5.41) is 0. The van der Waals surface area contributed by atoms with Crippen LogP contribution in [-0.2, 0) is 0 Å². The topological polar surface area (TPSA) is 3.24 Å². The first-order chi connectivity index (χ1) is 18.9. The Bertz CT molecular complexity index is 1530. The van der Waals surface area contributed by atoms with Crippen molar-refractivity contribution >= 4 is 29.6 Å². The monoisotopic (exact) mass is 507 g/mol. The summed E-state index contributed by atoms with van der Waals surface area (Å²) in [6.45, 7) is 8.61. The van der Waals surface area contributed by atoms with Gasteiger partial charge in [0.2, 0.25) is 0 Å². The van der Waals surface area contributed by atoms with Gasteiger partial charge in [-0.1, -0.05) is 120 Å². The Morgan fingerprint density at radius 3 is 1.59 bits per heavy atom. The molecular formula is C38H37N. The highest BCUT2D eigenvalue weighted by molar-refractivity contribution is 5.73. The van der Waals surface area contributed by atoms with E-state index in [9.17, 15) is 0 Å². The lowest BCUT2D eigenvalue weighted by molar-refractivity contribution is 0.781. The molecule has 0 aliphatic heterocycles. The molecule has 1 heteroatoms. The number of hydrogen-bond acceptors (Lipinski definition) is 1. The molecule has 4 aromatic carbocycles. The number of nitrogens with zero attached hydrogens (tertiary/aromatic N) is 1. The first-order valence-corrected chi connectivity index (χ1v) is 13.8. The summed E-state index contributed by atoms with van der Waals surface area (Å²) in [4.78, 5) is 2.47. The third-order valence-corrected chi connectivity index (χ3v) is 7.47. The predicted molar refractivity (Wildman–Crippen MR) is 170 cm³/mol. The molecule has 1 aliphatic rings. The minimum atomic E-state index is 0.248. The van der Waals surface area contributed by atoms with Gasteiger partial charge in [-0.2, -0.15) is 0 Å². The number of aryl methyl sites for hydroxylation is 4. The lowest BCUT2D eigenvalue weighted by atomic mass is 9.98. The maximum Gasteiger partial charge on any atom is 0.0560 e. The molecule has 0 radical (unpaired) electrons. The van der Waals surface area contributed by atoms with E-state index in [1.165, 1.54) is 55.9 Å². The Morgan fingerprint density at radius 2 is 1.08 bits per heavy atom. The van der Waals surface area contributed by atoms with E-state index in [0.717, 1.165) is 6.42 Å². The van der Waals surface area contributed by atoms with Gasteiger partial charge >= 0.3 is 0 Å². The number of hydrogen-bond donors (Lipinski definition) is 0. The van der Waals surface area contributed by atoms with Crippen LogP contribution in [0.25, 0.3) is 18.2 Å². The standard InChI is InChI=1S/C38H37N/c1-28-5-10-32(11-6-28)14-16-34-18-23-36(24-19-34)39(38-22-9-30(3)31(4)27-38)37-25-20-35(21-26-37)17-15-33-12-7-29(2)8-13-33/h5-25,27,37H,26H2,1-4H3/b16-14-,17-15-. The molecule has 39 heavy (non-hydrogen) atoms. The van der Waals surface area contributed by atoms with Crippen LogP contribution >= 0.6 is 0 Å². The summed E-state index contributed by atoms with van der Waals surface area (Å²) in [5.41, 5.74) is 12.5. The molecule has 0 N–H and O–H groups in total. The number of anilines is 2. The molecule has 1 atom stereocenters. The molecule has 1 aliphatic carbocycles. The highest BCUT2D eigenvalue weighted by Gasteiger charge is 2.20. The van der Waals surface area contributed by atoms with Crippen LogP contribution in [0, 0.1) is 27.7 Å². The number of benzene rings is 4. The van der Waals surface area contributed by atoms with Gasteiger partial charge in [-0.25, -0.2) is 0 Å². The highest BCUT2D eigenvalue weighted by atomic mass is 15.2. The van der Waals surface area contributed by atoms with E-state index in [1.807, 2.05) is 0 Å². The van der Waals surface area contributed by atoms with Crippen molar-refractivity contribution in [3.63, 3.8) is 0 Å². The Kier molecular flexibility index (Phi) is 8.08. The van der Waals surface area contributed by atoms with Crippen molar-refractivity contribution in [3.05, 3.63) is 160 Å². The van der Waals surface area contributed by atoms with Gasteiger partial charge in [-0.15, -0.1) is 0 Å². The lowest BCUT2D eigenvalue weighted by Gasteiger charge is -2.33. The van der Waals surface area contributed by atoms with Crippen LogP contribution in [0.2, 0.25) is 0 Å². The predicted octanol–water partition coefficient (Wildman–Crippen LogP) is 10.2. The van der Waals surface area contributed by atoms with Crippen molar-refractivity contribution in [2.75, 3.05) is 4.90 Å². The molecule has 0 amide bonds. The van der Waals surface area contributed by atoms with Gasteiger partial charge in [0, 0.05) is 11.4 Å². The Labute approximate surface area is 234 Å². The molecule has 0 fully saturated rings. The van der Waals surface area contributed by atoms with Crippen molar-refractivity contribution in [1.82, 2.24) is 0 Å². The van der Waals surface area contributed by atoms with Gasteiger partial charge < -0.3 is 4.90 Å². The van der Waals surface area contributed by atoms with Crippen molar-refractivity contribution in [1.29, 1.82) is 0 Å². The van der Waals surface area contributed by atoms with Crippen molar-refractivity contribution in [2.45, 2.75) is 40.2 Å². The minimum Gasteiger partial charge on any atom is -0.334 e. The summed E-state index contributed by atoms with van der Waals surface area (Å²) in [6.07, 6.45) is 16.7. The normalized spacial score (nSPS) is 15.2. The van der Waals surface area contributed by atoms with Crippen LogP contribution in [0.15, 0.2) is 121 Å². The maximum absolute atomic E-state index is 2.47. The second kappa shape index (κ2) is 12.0. The molecule has 0 bridgehead atoms. The SMILES string of the molecule is Cc1ccc(/C=C\C2=CCC(N(c3ccc(/C=C\c4ccc(C)cc4)cc3)c3ccc(C)c(C)c3)C=C2)cc1. The lowest BCUT2D eigenvalue weighted by Crippen LogP contribution is -2.30. The van der Waals surface area contributed by atoms with Crippen LogP contribution in [0.1, 0.15) is 45.4 Å². The summed E-state index contributed by atoms with van der Waals surface area (Å²) < 4.78 is 0. The van der Waals surface area contributed by atoms with Crippen LogP contribution in [0.5, 0.6) is 0 Å². The van der Waals surface area contributed by atoms with Crippen molar-refractivity contribution in [3.8, 4) is 0 Å². The Balaban J connectivity index is 1.37. The van der Waals surface area contributed by atoms with E-state index < -0.39 is 0 Å². The van der Waals surface area contributed by atoms with Crippen molar-refractivity contribution < 1.29 is 0 Å². The highest BCUT2D eigenvalue weighted by Crippen LogP contribution is 2.33. The average Bonchev–Trinajstić information content (AvgIpc) is 2.96. The third-order valence-electron chi connectivity index (χ3n) is 7.47. The molecule has 5 rings (SSSR count). The van der Waals surface area contributed by atoms with E-state index in [0.29, 0.717) is 0 Å². The third kappa shape index (κ3) is 6.75. The van der Waals surface area contributed by atoms with Crippen LogP contribution in [0.4, 0.5) is 11.4 Å². The van der Waals surface area contributed by atoms with Crippen LogP contribution in [-0.4, -0.2) is 6.04 Å². The molecule has 0 heterocycles. The molecule has 0 saturated heterocycles. The second-order valence-corrected chi connectivity index (χ2v) is 10.6. The molecule has 1 unspecified atom stereocenters. The first-order valence-electron chi connectivity index (χ1n) is 13.8. The number of allylic oxidation sites excluding steroid dienone is 3. The zero-order chi connectivity index (χ0) is 27.2. The average molecular weight is 508 g/mol. The molecule has 0 aromatic heterocycles. The van der Waals surface area contributed by atoms with Crippen LogP contribution < -0.4 is 4.90 Å². The fraction of sp³-hybridized carbons (Fsp3) is 0.158. The van der Waals surface area contributed by atoms with E-state index >= 15 is 0 Å². The van der Waals surface area contributed by atoms with E-state index in [2.05, 4.69) is 166 Å². The maximum atomic E-state index is 2.47. The molecule has 4 aromatic rings. The summed E-state index contributed by atoms with van der Waals surface area (Å²) in [6, 6.07) is 33.2. The Hall–Kier alpha value is -4.36. The minimum absolute atomic E-state index is 0.248. The molecule has 194 valence electrons. The van der Waals surface area contributed by atoms with Gasteiger partial charge in [0.15, 0.2) is 0 Å². The fourth-order valence-electron chi connectivity index (χ4n) is 4.83. The fourth-order valence-corrected chi connectivity index (χ4v) is 4.83. The smallest absolute Gasteiger partial charge is 0.0560 e. The van der Waals surface area contributed by atoms with E-state index in [4.69, 9.17) is 0 Å². The van der Waals surface area contributed by atoms with E-state index in [1.54, 1.807) is 0 Å². The van der Waals surface area contributed by atoms with Crippen molar-refractivity contribution in [2.24, 2.45) is 0 Å².